The second-order valence-electron chi connectivity index (χ2n) is 2.52. The van der Waals surface area contributed by atoms with Crippen molar-refractivity contribution in [2.24, 2.45) is 0 Å². The van der Waals surface area contributed by atoms with E-state index >= 15 is 0 Å². The highest BCUT2D eigenvalue weighted by Crippen LogP contribution is 2.13. The molecule has 0 N–H and O–H groups in total. The first-order chi connectivity index (χ1) is 5.77. The van der Waals surface area contributed by atoms with Gasteiger partial charge in [-0.3, -0.25) is 4.79 Å². The summed E-state index contributed by atoms with van der Waals surface area (Å²) in [7, 11) is 0. The zero-order valence-corrected chi connectivity index (χ0v) is 7.26. The maximum atomic E-state index is 11.0. The average molecular weight is 178 g/mol. The summed E-state index contributed by atoms with van der Waals surface area (Å²) in [5, 5.41) is 0. The lowest BCUT2D eigenvalue weighted by Crippen LogP contribution is -1.90. The number of rotatable bonds is 1. The molecule has 0 aliphatic carbocycles. The van der Waals surface area contributed by atoms with Crippen molar-refractivity contribution in [1.29, 1.82) is 0 Å². The lowest BCUT2D eigenvalue weighted by molar-refractivity contribution is 0.101. The molecule has 2 rings (SSSR count). The number of fused-ring (bicyclic) bond motifs is 1. The third-order valence-corrected chi connectivity index (χ3v) is 2.22. The summed E-state index contributed by atoms with van der Waals surface area (Å²) in [4.78, 5) is 11.0. The van der Waals surface area contributed by atoms with Gasteiger partial charge in [0.2, 0.25) is 0 Å². The van der Waals surface area contributed by atoms with Gasteiger partial charge < -0.3 is 0 Å². The number of ketones is 1. The van der Waals surface area contributed by atoms with Crippen LogP contribution in [0.15, 0.2) is 18.2 Å². The van der Waals surface area contributed by atoms with E-state index in [2.05, 4.69) is 8.75 Å². The molecule has 0 bridgehead atoms. The van der Waals surface area contributed by atoms with Gasteiger partial charge in [0, 0.05) is 5.56 Å². The zero-order chi connectivity index (χ0) is 8.55. The fraction of sp³-hybridized carbons (Fsp3) is 0.125. The molecule has 0 aliphatic heterocycles. The molecule has 0 fully saturated rings. The van der Waals surface area contributed by atoms with Gasteiger partial charge in [0.05, 0.1) is 11.7 Å². The predicted molar refractivity (Wildman–Crippen MR) is 47.4 cm³/mol. The van der Waals surface area contributed by atoms with E-state index in [1.54, 1.807) is 19.1 Å². The summed E-state index contributed by atoms with van der Waals surface area (Å²) in [6.07, 6.45) is 0. The van der Waals surface area contributed by atoms with Gasteiger partial charge in [0.25, 0.3) is 0 Å². The molecule has 0 radical (unpaired) electrons. The standard InChI is InChI=1S/C8H6N2OS/c1-5(11)6-2-3-7-8(4-6)10-12-9-7/h2-4H,1H3. The number of Topliss-reactive ketones (excluding diaryl/α,β-unsaturated/α-hetero) is 1. The van der Waals surface area contributed by atoms with Crippen molar-refractivity contribution < 1.29 is 4.79 Å². The summed E-state index contributed by atoms with van der Waals surface area (Å²) >= 11 is 1.16. The number of benzene rings is 1. The largest absolute Gasteiger partial charge is 0.295 e. The Labute approximate surface area is 73.4 Å². The SMILES string of the molecule is CC(=O)c1ccc2nsnc2c1. The lowest BCUT2D eigenvalue weighted by Gasteiger charge is -1.92. The predicted octanol–water partition coefficient (Wildman–Crippen LogP) is 1.89. The Morgan fingerprint density at radius 1 is 1.33 bits per heavy atom. The third-order valence-electron chi connectivity index (χ3n) is 1.66. The van der Waals surface area contributed by atoms with E-state index in [9.17, 15) is 4.79 Å². The molecule has 2 aromatic rings. The van der Waals surface area contributed by atoms with Crippen molar-refractivity contribution >= 4 is 28.5 Å². The number of hydrogen-bond donors (Lipinski definition) is 0. The molecule has 60 valence electrons. The Hall–Kier alpha value is -1.29. The molecule has 0 unspecified atom stereocenters. The van der Waals surface area contributed by atoms with Crippen LogP contribution in [-0.2, 0) is 0 Å². The van der Waals surface area contributed by atoms with Crippen LogP contribution in [0.5, 0.6) is 0 Å². The first kappa shape index (κ1) is 7.36. The summed E-state index contributed by atoms with van der Waals surface area (Å²) in [5.41, 5.74) is 2.34. The molecule has 0 amide bonds. The monoisotopic (exact) mass is 178 g/mol. The van der Waals surface area contributed by atoms with E-state index in [0.717, 1.165) is 22.8 Å². The van der Waals surface area contributed by atoms with Crippen LogP contribution in [0.4, 0.5) is 0 Å². The minimum atomic E-state index is 0.0601. The van der Waals surface area contributed by atoms with Gasteiger partial charge in [-0.1, -0.05) is 0 Å². The molecule has 0 spiro atoms. The van der Waals surface area contributed by atoms with Crippen molar-refractivity contribution in [1.82, 2.24) is 8.75 Å². The van der Waals surface area contributed by atoms with Crippen molar-refractivity contribution in [2.45, 2.75) is 6.92 Å². The minimum absolute atomic E-state index is 0.0601. The summed E-state index contributed by atoms with van der Waals surface area (Å²) in [6.45, 7) is 1.54. The fourth-order valence-corrected chi connectivity index (χ4v) is 1.52. The van der Waals surface area contributed by atoms with Crippen LogP contribution in [0.3, 0.4) is 0 Å². The van der Waals surface area contributed by atoms with Crippen molar-refractivity contribution in [3.8, 4) is 0 Å². The van der Waals surface area contributed by atoms with E-state index in [-0.39, 0.29) is 5.78 Å². The Bertz CT molecular complexity index is 435. The van der Waals surface area contributed by atoms with Crippen LogP contribution in [0.1, 0.15) is 17.3 Å². The molecule has 0 saturated carbocycles. The second kappa shape index (κ2) is 2.64. The highest BCUT2D eigenvalue weighted by atomic mass is 32.1. The van der Waals surface area contributed by atoms with E-state index in [1.165, 1.54) is 0 Å². The van der Waals surface area contributed by atoms with Crippen LogP contribution in [0.25, 0.3) is 11.0 Å². The van der Waals surface area contributed by atoms with Crippen LogP contribution in [0, 0.1) is 0 Å². The Balaban J connectivity index is 2.68. The zero-order valence-electron chi connectivity index (χ0n) is 6.44. The van der Waals surface area contributed by atoms with Crippen LogP contribution in [-0.4, -0.2) is 14.5 Å². The van der Waals surface area contributed by atoms with Crippen molar-refractivity contribution in [3.63, 3.8) is 0 Å². The van der Waals surface area contributed by atoms with Gasteiger partial charge in [-0.05, 0) is 25.1 Å². The van der Waals surface area contributed by atoms with Crippen LogP contribution < -0.4 is 0 Å². The fourth-order valence-electron chi connectivity index (χ4n) is 1.00. The van der Waals surface area contributed by atoms with Gasteiger partial charge >= 0.3 is 0 Å². The van der Waals surface area contributed by atoms with E-state index in [4.69, 9.17) is 0 Å². The third kappa shape index (κ3) is 1.10. The molecule has 1 aromatic carbocycles. The van der Waals surface area contributed by atoms with E-state index in [0.29, 0.717) is 5.56 Å². The minimum Gasteiger partial charge on any atom is -0.295 e. The van der Waals surface area contributed by atoms with E-state index in [1.807, 2.05) is 6.07 Å². The van der Waals surface area contributed by atoms with Crippen LogP contribution >= 0.6 is 11.7 Å². The molecule has 0 saturated heterocycles. The van der Waals surface area contributed by atoms with Gasteiger partial charge in [-0.2, -0.15) is 8.75 Å². The molecular formula is C8H6N2OS. The molecule has 3 nitrogen and oxygen atoms in total. The number of aromatic nitrogens is 2. The molecule has 1 heterocycles. The number of nitrogens with zero attached hydrogens (tertiary/aromatic N) is 2. The van der Waals surface area contributed by atoms with Crippen LogP contribution in [0.2, 0.25) is 0 Å². The Morgan fingerprint density at radius 2 is 2.08 bits per heavy atom. The summed E-state index contributed by atoms with van der Waals surface area (Å²) in [5.74, 6) is 0.0601. The summed E-state index contributed by atoms with van der Waals surface area (Å²) in [6, 6.07) is 5.35. The van der Waals surface area contributed by atoms with Gasteiger partial charge in [0.15, 0.2) is 5.78 Å². The Morgan fingerprint density at radius 3 is 2.83 bits per heavy atom. The van der Waals surface area contributed by atoms with Crippen molar-refractivity contribution in [3.05, 3.63) is 23.8 Å². The Kier molecular flexibility index (Phi) is 1.62. The van der Waals surface area contributed by atoms with Gasteiger partial charge in [0.1, 0.15) is 11.0 Å². The molecule has 1 aromatic heterocycles. The maximum absolute atomic E-state index is 11.0. The number of carbonyl (C=O) groups excluding carboxylic acids is 1. The lowest BCUT2D eigenvalue weighted by atomic mass is 10.1. The number of carbonyl (C=O) groups is 1. The highest BCUT2D eigenvalue weighted by Gasteiger charge is 2.02. The molecule has 12 heavy (non-hydrogen) atoms. The van der Waals surface area contributed by atoms with Gasteiger partial charge in [-0.25, -0.2) is 0 Å². The maximum Gasteiger partial charge on any atom is 0.159 e. The molecular weight excluding hydrogens is 172 g/mol. The average Bonchev–Trinajstić information content (AvgIpc) is 2.49. The van der Waals surface area contributed by atoms with E-state index < -0.39 is 0 Å². The second-order valence-corrected chi connectivity index (χ2v) is 3.05. The van der Waals surface area contributed by atoms with Gasteiger partial charge in [-0.15, -0.1) is 0 Å². The molecule has 0 atom stereocenters. The highest BCUT2D eigenvalue weighted by molar-refractivity contribution is 7.00. The normalized spacial score (nSPS) is 10.4. The molecule has 0 aliphatic rings. The van der Waals surface area contributed by atoms with Crippen molar-refractivity contribution in [2.75, 3.05) is 0 Å². The summed E-state index contributed by atoms with van der Waals surface area (Å²) < 4.78 is 8.08. The first-order valence-corrected chi connectivity index (χ1v) is 4.23. The smallest absolute Gasteiger partial charge is 0.159 e. The number of hydrogen-bond acceptors (Lipinski definition) is 4. The topological polar surface area (TPSA) is 42.9 Å². The molecule has 4 heteroatoms. The first-order valence-electron chi connectivity index (χ1n) is 3.50. The quantitative estimate of drug-likeness (QED) is 0.626.